The number of hydrogen-bond acceptors (Lipinski definition) is 6. The molecule has 0 radical (unpaired) electrons. The lowest BCUT2D eigenvalue weighted by molar-refractivity contribution is 0.379. The molecule has 0 bridgehead atoms. The number of rotatable bonds is 4. The van der Waals surface area contributed by atoms with Crippen LogP contribution in [-0.4, -0.2) is 15.1 Å². The van der Waals surface area contributed by atoms with E-state index in [1.807, 2.05) is 13.0 Å². The van der Waals surface area contributed by atoms with Crippen LogP contribution >= 0.6 is 0 Å². The van der Waals surface area contributed by atoms with Gasteiger partial charge in [-0.05, 0) is 12.8 Å². The maximum Gasteiger partial charge on any atom is 0.225 e. The van der Waals surface area contributed by atoms with Crippen LogP contribution in [-0.2, 0) is 6.54 Å². The number of anilines is 2. The maximum atomic E-state index is 5.65. The first-order valence-electron chi connectivity index (χ1n) is 5.85. The first kappa shape index (κ1) is 12.3. The minimum Gasteiger partial charge on any atom is -0.384 e. The molecule has 0 aliphatic carbocycles. The standard InChI is InChI=1S/C12H17N5O/c1-7(2)10-5-9(18-17-10)6-14-12-15-8(3)4-11(13)16-12/h4-5,7H,6H2,1-3H3,(H3,13,14,15,16). The molecule has 18 heavy (non-hydrogen) atoms. The maximum absolute atomic E-state index is 5.65. The second-order valence-corrected chi connectivity index (χ2v) is 4.48. The van der Waals surface area contributed by atoms with E-state index in [0.717, 1.165) is 17.1 Å². The Balaban J connectivity index is 2.02. The zero-order valence-corrected chi connectivity index (χ0v) is 10.8. The van der Waals surface area contributed by atoms with Crippen molar-refractivity contribution in [3.8, 4) is 0 Å². The minimum absolute atomic E-state index is 0.355. The molecule has 6 nitrogen and oxygen atoms in total. The SMILES string of the molecule is Cc1cc(N)nc(NCc2cc(C(C)C)no2)n1. The Morgan fingerprint density at radius 2 is 2.11 bits per heavy atom. The summed E-state index contributed by atoms with van der Waals surface area (Å²) < 4.78 is 5.21. The molecular formula is C12H17N5O. The Morgan fingerprint density at radius 1 is 1.33 bits per heavy atom. The van der Waals surface area contributed by atoms with Gasteiger partial charge in [0, 0.05) is 17.8 Å². The third kappa shape index (κ3) is 2.97. The van der Waals surface area contributed by atoms with Gasteiger partial charge in [-0.15, -0.1) is 0 Å². The van der Waals surface area contributed by atoms with Gasteiger partial charge in [-0.25, -0.2) is 4.98 Å². The Bertz CT molecular complexity index is 515. The fraction of sp³-hybridized carbons (Fsp3) is 0.417. The molecule has 2 aromatic heterocycles. The van der Waals surface area contributed by atoms with Crippen LogP contribution in [0.4, 0.5) is 11.8 Å². The minimum atomic E-state index is 0.355. The van der Waals surface area contributed by atoms with E-state index in [9.17, 15) is 0 Å². The molecule has 0 atom stereocenters. The van der Waals surface area contributed by atoms with E-state index < -0.39 is 0 Å². The van der Waals surface area contributed by atoms with E-state index in [1.54, 1.807) is 6.07 Å². The summed E-state index contributed by atoms with van der Waals surface area (Å²) in [5.41, 5.74) is 7.41. The van der Waals surface area contributed by atoms with Gasteiger partial charge >= 0.3 is 0 Å². The van der Waals surface area contributed by atoms with Crippen molar-refractivity contribution in [3.63, 3.8) is 0 Å². The van der Waals surface area contributed by atoms with Gasteiger partial charge in [-0.3, -0.25) is 0 Å². The van der Waals surface area contributed by atoms with Crippen molar-refractivity contribution in [1.82, 2.24) is 15.1 Å². The second-order valence-electron chi connectivity index (χ2n) is 4.48. The molecule has 0 aliphatic rings. The van der Waals surface area contributed by atoms with Gasteiger partial charge in [0.2, 0.25) is 5.95 Å². The quantitative estimate of drug-likeness (QED) is 0.859. The van der Waals surface area contributed by atoms with Crippen molar-refractivity contribution in [2.45, 2.75) is 33.2 Å². The van der Waals surface area contributed by atoms with E-state index >= 15 is 0 Å². The van der Waals surface area contributed by atoms with Crippen molar-refractivity contribution < 1.29 is 4.52 Å². The van der Waals surface area contributed by atoms with E-state index in [1.165, 1.54) is 0 Å². The number of aromatic nitrogens is 3. The Hall–Kier alpha value is -2.11. The summed E-state index contributed by atoms with van der Waals surface area (Å²) in [6.07, 6.45) is 0. The number of nitrogens with one attached hydrogen (secondary N) is 1. The molecule has 96 valence electrons. The number of nitrogens with two attached hydrogens (primary N) is 1. The summed E-state index contributed by atoms with van der Waals surface area (Å²) in [4.78, 5) is 8.31. The highest BCUT2D eigenvalue weighted by Gasteiger charge is 2.08. The van der Waals surface area contributed by atoms with Crippen LogP contribution < -0.4 is 11.1 Å². The van der Waals surface area contributed by atoms with E-state index in [0.29, 0.717) is 24.2 Å². The molecule has 0 saturated carbocycles. The lowest BCUT2D eigenvalue weighted by Crippen LogP contribution is -2.05. The van der Waals surface area contributed by atoms with Crippen LogP contribution in [0.5, 0.6) is 0 Å². The average Bonchev–Trinajstić information content (AvgIpc) is 2.73. The third-order valence-electron chi connectivity index (χ3n) is 2.46. The van der Waals surface area contributed by atoms with Crippen LogP contribution in [0.15, 0.2) is 16.7 Å². The smallest absolute Gasteiger partial charge is 0.225 e. The normalized spacial score (nSPS) is 10.9. The van der Waals surface area contributed by atoms with Gasteiger partial charge in [0.15, 0.2) is 5.76 Å². The van der Waals surface area contributed by atoms with Crippen molar-refractivity contribution >= 4 is 11.8 Å². The molecule has 0 aromatic carbocycles. The molecular weight excluding hydrogens is 230 g/mol. The Labute approximate surface area is 106 Å². The molecule has 2 heterocycles. The predicted octanol–water partition coefficient (Wildman–Crippen LogP) is 2.09. The van der Waals surface area contributed by atoms with Gasteiger partial charge in [-0.1, -0.05) is 19.0 Å². The van der Waals surface area contributed by atoms with Crippen LogP contribution in [0.3, 0.4) is 0 Å². The first-order valence-corrected chi connectivity index (χ1v) is 5.85. The van der Waals surface area contributed by atoms with Crippen LogP contribution in [0.1, 0.15) is 36.9 Å². The van der Waals surface area contributed by atoms with Gasteiger partial charge in [0.1, 0.15) is 5.82 Å². The van der Waals surface area contributed by atoms with Crippen molar-refractivity contribution in [1.29, 1.82) is 0 Å². The average molecular weight is 247 g/mol. The molecule has 0 saturated heterocycles. The summed E-state index contributed by atoms with van der Waals surface area (Å²) in [6, 6.07) is 3.65. The highest BCUT2D eigenvalue weighted by Crippen LogP contribution is 2.15. The monoisotopic (exact) mass is 247 g/mol. The van der Waals surface area contributed by atoms with Gasteiger partial charge in [0.05, 0.1) is 12.2 Å². The van der Waals surface area contributed by atoms with E-state index in [4.69, 9.17) is 10.3 Å². The molecule has 0 spiro atoms. The van der Waals surface area contributed by atoms with Crippen LogP contribution in [0, 0.1) is 6.92 Å². The summed E-state index contributed by atoms with van der Waals surface area (Å²) in [5.74, 6) is 2.05. The lowest BCUT2D eigenvalue weighted by Gasteiger charge is -2.03. The number of nitrogen functional groups attached to an aromatic ring is 1. The molecule has 6 heteroatoms. The number of nitrogens with zero attached hydrogens (tertiary/aromatic N) is 3. The number of hydrogen-bond donors (Lipinski definition) is 2. The third-order valence-corrected chi connectivity index (χ3v) is 2.46. The highest BCUT2D eigenvalue weighted by molar-refractivity contribution is 5.38. The van der Waals surface area contributed by atoms with Crippen molar-refractivity contribution in [2.75, 3.05) is 11.1 Å². The molecule has 3 N–H and O–H groups in total. The fourth-order valence-corrected chi connectivity index (χ4v) is 1.52. The van der Waals surface area contributed by atoms with Crippen molar-refractivity contribution in [2.24, 2.45) is 0 Å². The highest BCUT2D eigenvalue weighted by atomic mass is 16.5. The van der Waals surface area contributed by atoms with Crippen LogP contribution in [0.2, 0.25) is 0 Å². The van der Waals surface area contributed by atoms with Crippen molar-refractivity contribution in [3.05, 3.63) is 29.3 Å². The summed E-state index contributed by atoms with van der Waals surface area (Å²) in [7, 11) is 0. The largest absolute Gasteiger partial charge is 0.384 e. The second kappa shape index (κ2) is 5.03. The first-order chi connectivity index (χ1) is 8.54. The molecule has 0 fully saturated rings. The molecule has 2 rings (SSSR count). The fourth-order valence-electron chi connectivity index (χ4n) is 1.52. The summed E-state index contributed by atoms with van der Waals surface area (Å²) in [6.45, 7) is 6.50. The summed E-state index contributed by atoms with van der Waals surface area (Å²) >= 11 is 0. The lowest BCUT2D eigenvalue weighted by atomic mass is 10.1. The molecule has 0 aliphatic heterocycles. The van der Waals surface area contributed by atoms with E-state index in [-0.39, 0.29) is 0 Å². The van der Waals surface area contributed by atoms with Gasteiger partial charge in [-0.2, -0.15) is 4.98 Å². The Morgan fingerprint density at radius 3 is 2.72 bits per heavy atom. The molecule has 0 unspecified atom stereocenters. The number of aryl methyl sites for hydroxylation is 1. The van der Waals surface area contributed by atoms with Gasteiger partial charge in [0.25, 0.3) is 0 Å². The van der Waals surface area contributed by atoms with E-state index in [2.05, 4.69) is 34.3 Å². The predicted molar refractivity (Wildman–Crippen MR) is 69.1 cm³/mol. The van der Waals surface area contributed by atoms with Crippen LogP contribution in [0.25, 0.3) is 0 Å². The summed E-state index contributed by atoms with van der Waals surface area (Å²) in [5, 5.41) is 7.04. The topological polar surface area (TPSA) is 89.9 Å². The molecule has 2 aromatic rings. The zero-order chi connectivity index (χ0) is 13.1. The molecule has 0 amide bonds. The Kier molecular flexibility index (Phi) is 3.45. The zero-order valence-electron chi connectivity index (χ0n) is 10.8. The van der Waals surface area contributed by atoms with Gasteiger partial charge < -0.3 is 15.6 Å².